The summed E-state index contributed by atoms with van der Waals surface area (Å²) in [6.07, 6.45) is 8.08. The zero-order valence-electron chi connectivity index (χ0n) is 24.5. The maximum atomic E-state index is 13.3. The number of methoxy groups -OCH3 is 2. The van der Waals surface area contributed by atoms with Crippen LogP contribution in [0.1, 0.15) is 57.3 Å². The molecule has 0 unspecified atom stereocenters. The molecule has 40 heavy (non-hydrogen) atoms. The maximum absolute atomic E-state index is 13.3. The first-order chi connectivity index (χ1) is 19.2. The Labute approximate surface area is 237 Å². The second-order valence-corrected chi connectivity index (χ2v) is 11.9. The molecule has 3 aliphatic carbocycles. The molecule has 1 fully saturated rings. The van der Waals surface area contributed by atoms with E-state index in [1.807, 2.05) is 18.2 Å². The lowest BCUT2D eigenvalue weighted by atomic mass is 9.60. The Hall–Kier alpha value is -3.16. The molecule has 1 N–H and O–H groups in total. The monoisotopic (exact) mass is 545 g/mol. The molecular formula is C33H43N3O4. The SMILES string of the molecule is COc1cccc2[nH]c(CCCN(C)CC[C@@]3(OC(=O)C(C)(C)OC)C[C@@H]4CC[C@H]3C=C4c3ccccc3)nc12. The Morgan fingerprint density at radius 1 is 1.10 bits per heavy atom. The lowest BCUT2D eigenvalue weighted by molar-refractivity contribution is -0.192. The smallest absolute Gasteiger partial charge is 0.338 e. The highest BCUT2D eigenvalue weighted by Gasteiger charge is 2.51. The van der Waals surface area contributed by atoms with Crippen molar-refractivity contribution in [3.63, 3.8) is 0 Å². The van der Waals surface area contributed by atoms with Crippen LogP contribution in [0.15, 0.2) is 54.6 Å². The topological polar surface area (TPSA) is 76.7 Å². The molecule has 2 aromatic carbocycles. The molecule has 3 atom stereocenters. The molecule has 3 aromatic rings. The summed E-state index contributed by atoms with van der Waals surface area (Å²) in [7, 11) is 5.40. The van der Waals surface area contributed by atoms with Gasteiger partial charge in [-0.2, -0.15) is 0 Å². The van der Waals surface area contributed by atoms with E-state index in [-0.39, 0.29) is 11.9 Å². The molecule has 1 heterocycles. The number of H-pyrrole nitrogens is 1. The number of aryl methyl sites for hydroxylation is 1. The van der Waals surface area contributed by atoms with E-state index in [0.29, 0.717) is 5.92 Å². The van der Waals surface area contributed by atoms with E-state index in [0.717, 1.165) is 74.2 Å². The zero-order valence-corrected chi connectivity index (χ0v) is 24.5. The van der Waals surface area contributed by atoms with Crippen LogP contribution in [0.25, 0.3) is 16.6 Å². The Bertz CT molecular complexity index is 1350. The number of ether oxygens (including phenoxy) is 3. The van der Waals surface area contributed by atoms with Crippen LogP contribution in [-0.2, 0) is 20.7 Å². The van der Waals surface area contributed by atoms with E-state index in [9.17, 15) is 4.79 Å². The number of nitrogens with one attached hydrogen (secondary N) is 1. The van der Waals surface area contributed by atoms with Gasteiger partial charge in [0.2, 0.25) is 0 Å². The van der Waals surface area contributed by atoms with E-state index in [4.69, 9.17) is 19.2 Å². The number of aromatic nitrogens is 2. The Morgan fingerprint density at radius 3 is 2.60 bits per heavy atom. The highest BCUT2D eigenvalue weighted by Crippen LogP contribution is 2.53. The van der Waals surface area contributed by atoms with Gasteiger partial charge in [-0.05, 0) is 82.3 Å². The third-order valence-corrected chi connectivity index (χ3v) is 8.93. The quantitative estimate of drug-likeness (QED) is 0.279. The standard InChI is InChI=1S/C33H43N3O4/c1-32(2,39-5)31(37)40-33(22-24-16-17-25(33)21-26(24)23-11-7-6-8-12-23)18-20-36(3)19-10-15-29-34-27-13-9-14-28(38-4)30(27)35-29/h6-9,11-14,21,24-25H,10,15-20,22H2,1-5H3,(H,34,35)/t24-,25-,33+/m0/s1. The number of fused-ring (bicyclic) bond motifs is 3. The van der Waals surface area contributed by atoms with E-state index < -0.39 is 11.2 Å². The van der Waals surface area contributed by atoms with E-state index in [1.165, 1.54) is 11.1 Å². The molecule has 0 saturated heterocycles. The molecule has 3 aliphatic rings. The third-order valence-electron chi connectivity index (χ3n) is 8.93. The normalized spacial score (nSPS) is 22.5. The third kappa shape index (κ3) is 5.81. The fourth-order valence-corrected chi connectivity index (χ4v) is 6.33. The fraction of sp³-hybridized carbons (Fsp3) is 0.515. The molecule has 2 bridgehead atoms. The van der Waals surface area contributed by atoms with Crippen molar-refractivity contribution in [1.29, 1.82) is 0 Å². The predicted octanol–water partition coefficient (Wildman–Crippen LogP) is 6.05. The minimum atomic E-state index is -0.975. The Kier molecular flexibility index (Phi) is 8.34. The first-order valence-corrected chi connectivity index (χ1v) is 14.5. The second kappa shape index (κ2) is 11.8. The van der Waals surface area contributed by atoms with Gasteiger partial charge in [0.15, 0.2) is 5.60 Å². The number of benzene rings is 2. The van der Waals surface area contributed by atoms with Crippen LogP contribution in [0, 0.1) is 11.8 Å². The summed E-state index contributed by atoms with van der Waals surface area (Å²) in [5.41, 5.74) is 3.08. The lowest BCUT2D eigenvalue weighted by Crippen LogP contribution is -2.53. The Morgan fingerprint density at radius 2 is 1.90 bits per heavy atom. The first-order valence-electron chi connectivity index (χ1n) is 14.5. The molecule has 0 aliphatic heterocycles. The molecule has 7 heteroatoms. The van der Waals surface area contributed by atoms with Crippen molar-refractivity contribution in [1.82, 2.24) is 14.9 Å². The van der Waals surface area contributed by atoms with Crippen molar-refractivity contribution in [2.45, 2.75) is 63.6 Å². The first kappa shape index (κ1) is 28.4. The van der Waals surface area contributed by atoms with Gasteiger partial charge in [-0.15, -0.1) is 0 Å². The summed E-state index contributed by atoms with van der Waals surface area (Å²) in [5, 5.41) is 0. The van der Waals surface area contributed by atoms with Crippen molar-refractivity contribution >= 4 is 22.6 Å². The maximum Gasteiger partial charge on any atom is 0.338 e. The van der Waals surface area contributed by atoms with Gasteiger partial charge in [0.05, 0.1) is 12.6 Å². The van der Waals surface area contributed by atoms with Crippen molar-refractivity contribution in [3.05, 3.63) is 66.0 Å². The number of hydrogen-bond donors (Lipinski definition) is 1. The molecule has 0 amide bonds. The summed E-state index contributed by atoms with van der Waals surface area (Å²) in [5.74, 6) is 2.08. The van der Waals surface area contributed by atoms with Crippen molar-refractivity contribution in [2.75, 3.05) is 34.4 Å². The zero-order chi connectivity index (χ0) is 28.3. The molecule has 0 radical (unpaired) electrons. The fourth-order valence-electron chi connectivity index (χ4n) is 6.33. The van der Waals surface area contributed by atoms with Crippen LogP contribution in [0.3, 0.4) is 0 Å². The van der Waals surface area contributed by atoms with Crippen molar-refractivity contribution in [3.8, 4) is 5.75 Å². The average molecular weight is 546 g/mol. The molecule has 1 saturated carbocycles. The van der Waals surface area contributed by atoms with Crippen LogP contribution >= 0.6 is 0 Å². The minimum absolute atomic E-state index is 0.197. The van der Waals surface area contributed by atoms with Gasteiger partial charge in [-0.1, -0.05) is 42.5 Å². The number of allylic oxidation sites excluding steroid dienone is 1. The van der Waals surface area contributed by atoms with Crippen LogP contribution in [0.4, 0.5) is 0 Å². The van der Waals surface area contributed by atoms with Gasteiger partial charge in [0.1, 0.15) is 22.7 Å². The summed E-state index contributed by atoms with van der Waals surface area (Å²) < 4.78 is 17.4. The molecule has 7 nitrogen and oxygen atoms in total. The highest BCUT2D eigenvalue weighted by molar-refractivity contribution is 5.81. The number of imidazole rings is 1. The van der Waals surface area contributed by atoms with Gasteiger partial charge in [0.25, 0.3) is 0 Å². The van der Waals surface area contributed by atoms with E-state index >= 15 is 0 Å². The lowest BCUT2D eigenvalue weighted by Gasteiger charge is -2.51. The average Bonchev–Trinajstić information content (AvgIpc) is 3.40. The van der Waals surface area contributed by atoms with Crippen molar-refractivity contribution in [2.24, 2.45) is 11.8 Å². The minimum Gasteiger partial charge on any atom is -0.494 e. The number of aromatic amines is 1. The van der Waals surface area contributed by atoms with Crippen LogP contribution in [-0.4, -0.2) is 66.4 Å². The highest BCUT2D eigenvalue weighted by atomic mass is 16.6. The predicted molar refractivity (Wildman–Crippen MR) is 158 cm³/mol. The number of nitrogens with zero attached hydrogens (tertiary/aromatic N) is 2. The molecule has 0 spiro atoms. The van der Waals surface area contributed by atoms with Gasteiger partial charge in [-0.25, -0.2) is 9.78 Å². The second-order valence-electron chi connectivity index (χ2n) is 11.9. The van der Waals surface area contributed by atoms with Gasteiger partial charge in [0, 0.05) is 32.4 Å². The Balaban J connectivity index is 1.26. The van der Waals surface area contributed by atoms with Gasteiger partial charge < -0.3 is 24.1 Å². The summed E-state index contributed by atoms with van der Waals surface area (Å²) >= 11 is 0. The number of carbonyl (C=O) groups excluding carboxylic acids is 1. The number of para-hydroxylation sites is 1. The van der Waals surface area contributed by atoms with E-state index in [1.54, 1.807) is 28.1 Å². The summed E-state index contributed by atoms with van der Waals surface area (Å²) in [6.45, 7) is 5.36. The summed E-state index contributed by atoms with van der Waals surface area (Å²) in [4.78, 5) is 23.8. The molecule has 6 rings (SSSR count). The van der Waals surface area contributed by atoms with Gasteiger partial charge in [-0.3, -0.25) is 0 Å². The number of hydrogen-bond acceptors (Lipinski definition) is 6. The summed E-state index contributed by atoms with van der Waals surface area (Å²) in [6, 6.07) is 16.6. The van der Waals surface area contributed by atoms with E-state index in [2.05, 4.69) is 53.3 Å². The van der Waals surface area contributed by atoms with Crippen LogP contribution in [0.5, 0.6) is 5.75 Å². The number of esters is 1. The molecule has 214 valence electrons. The largest absolute Gasteiger partial charge is 0.494 e. The van der Waals surface area contributed by atoms with Crippen LogP contribution < -0.4 is 4.74 Å². The molecular weight excluding hydrogens is 502 g/mol. The van der Waals surface area contributed by atoms with Crippen LogP contribution in [0.2, 0.25) is 0 Å². The van der Waals surface area contributed by atoms with Crippen molar-refractivity contribution < 1.29 is 19.0 Å². The number of carbonyl (C=O) groups is 1. The van der Waals surface area contributed by atoms with Gasteiger partial charge >= 0.3 is 5.97 Å². The molecule has 1 aromatic heterocycles. The number of rotatable bonds is 12.